The molecule has 0 bridgehead atoms. The van der Waals surface area contributed by atoms with Crippen LogP contribution in [0.2, 0.25) is 0 Å². The molecule has 1 aliphatic heterocycles. The van der Waals surface area contributed by atoms with Crippen molar-refractivity contribution in [3.05, 3.63) is 64.0 Å². The van der Waals surface area contributed by atoms with E-state index in [1.54, 1.807) is 0 Å². The predicted octanol–water partition coefficient (Wildman–Crippen LogP) is 7.80. The highest BCUT2D eigenvalue weighted by Gasteiger charge is 2.32. The molecule has 0 fully saturated rings. The van der Waals surface area contributed by atoms with Crippen molar-refractivity contribution in [2.24, 2.45) is 10.2 Å². The van der Waals surface area contributed by atoms with Crippen LogP contribution in [-0.4, -0.2) is 14.7 Å². The molecule has 1 aliphatic rings. The molecule has 7 heteroatoms. The van der Waals surface area contributed by atoms with Crippen LogP contribution in [0.3, 0.4) is 0 Å². The van der Waals surface area contributed by atoms with Crippen molar-refractivity contribution < 1.29 is 5.11 Å². The van der Waals surface area contributed by atoms with Crippen LogP contribution in [-0.2, 0) is 5.54 Å². The molecule has 0 saturated heterocycles. The van der Waals surface area contributed by atoms with Gasteiger partial charge in [-0.2, -0.15) is 0 Å². The summed E-state index contributed by atoms with van der Waals surface area (Å²) in [6, 6.07) is 14.0. The topological polar surface area (TPSA) is 62.8 Å². The number of aromatic nitrogens is 2. The largest absolute Gasteiger partial charge is 0.493 e. The zero-order chi connectivity index (χ0) is 21.0. The Balaban J connectivity index is 1.57. The van der Waals surface area contributed by atoms with Gasteiger partial charge in [-0.15, -0.1) is 21.6 Å². The second-order valence-electron chi connectivity index (χ2n) is 7.91. The van der Waals surface area contributed by atoms with Crippen LogP contribution >= 0.6 is 27.3 Å². The van der Waals surface area contributed by atoms with Crippen molar-refractivity contribution in [1.29, 1.82) is 0 Å². The van der Waals surface area contributed by atoms with Gasteiger partial charge in [-0.05, 0) is 38.5 Å². The van der Waals surface area contributed by atoms with Crippen molar-refractivity contribution >= 4 is 54.6 Å². The quantitative estimate of drug-likeness (QED) is 0.305. The van der Waals surface area contributed by atoms with E-state index in [0.29, 0.717) is 10.8 Å². The highest BCUT2D eigenvalue weighted by molar-refractivity contribution is 9.10. The van der Waals surface area contributed by atoms with Crippen molar-refractivity contribution in [2.75, 3.05) is 0 Å². The number of hydrogen-bond donors (Lipinski definition) is 1. The minimum Gasteiger partial charge on any atom is -0.493 e. The lowest BCUT2D eigenvalue weighted by molar-refractivity contribution is 0.362. The van der Waals surface area contributed by atoms with E-state index in [-0.39, 0.29) is 11.4 Å². The molecule has 30 heavy (non-hydrogen) atoms. The summed E-state index contributed by atoms with van der Waals surface area (Å²) in [6.45, 7) is 6.26. The normalized spacial score (nSPS) is 15.1. The Morgan fingerprint density at radius 1 is 1.10 bits per heavy atom. The number of rotatable bonds is 3. The lowest BCUT2D eigenvalue weighted by Crippen LogP contribution is -2.26. The number of para-hydroxylation sites is 1. The Labute approximate surface area is 186 Å². The number of allylic oxidation sites excluding steroid dienone is 2. The molecule has 0 radical (unpaired) electrons. The van der Waals surface area contributed by atoms with Gasteiger partial charge in [0.25, 0.3) is 0 Å². The van der Waals surface area contributed by atoms with E-state index in [9.17, 15) is 5.11 Å². The summed E-state index contributed by atoms with van der Waals surface area (Å²) in [5, 5.41) is 23.2. The van der Waals surface area contributed by atoms with Gasteiger partial charge in [0, 0.05) is 26.4 Å². The number of nitrogens with zero attached hydrogens (tertiary/aromatic N) is 4. The molecule has 5 nitrogen and oxygen atoms in total. The van der Waals surface area contributed by atoms with E-state index >= 15 is 0 Å². The number of azo groups is 1. The second-order valence-corrected chi connectivity index (χ2v) is 9.66. The fourth-order valence-corrected chi connectivity index (χ4v) is 5.02. The molecule has 0 aliphatic carbocycles. The minimum absolute atomic E-state index is 0.125. The molecular weight excluding hydrogens is 460 g/mol. The Hall–Kier alpha value is -2.77. The first-order chi connectivity index (χ1) is 14.3. The summed E-state index contributed by atoms with van der Waals surface area (Å²) in [4.78, 5) is 4.58. The molecular formula is C23H19BrN4OS. The lowest BCUT2D eigenvalue weighted by Gasteiger charge is -2.30. The highest BCUT2D eigenvalue weighted by Crippen LogP contribution is 2.48. The van der Waals surface area contributed by atoms with Gasteiger partial charge in [0.1, 0.15) is 0 Å². The number of thiazole rings is 1. The molecule has 0 amide bonds. The molecule has 3 heterocycles. The average molecular weight is 479 g/mol. The Bertz CT molecular complexity index is 1350. The summed E-state index contributed by atoms with van der Waals surface area (Å²) >= 11 is 4.87. The summed E-state index contributed by atoms with van der Waals surface area (Å²) in [5.41, 5.74) is 5.29. The third-order valence-corrected chi connectivity index (χ3v) is 6.63. The number of aromatic hydroxyl groups is 1. The van der Waals surface area contributed by atoms with Crippen LogP contribution < -0.4 is 0 Å². The van der Waals surface area contributed by atoms with Crippen LogP contribution in [0.15, 0.2) is 68.6 Å². The van der Waals surface area contributed by atoms with Crippen LogP contribution in [0.25, 0.3) is 27.7 Å². The van der Waals surface area contributed by atoms with E-state index in [2.05, 4.69) is 64.1 Å². The fourth-order valence-electron chi connectivity index (χ4n) is 4.11. The van der Waals surface area contributed by atoms with Crippen molar-refractivity contribution in [1.82, 2.24) is 9.55 Å². The van der Waals surface area contributed by atoms with Crippen molar-refractivity contribution in [3.63, 3.8) is 0 Å². The monoisotopic (exact) mass is 478 g/mol. The van der Waals surface area contributed by atoms with E-state index in [1.165, 1.54) is 16.9 Å². The molecule has 0 unspecified atom stereocenters. The predicted molar refractivity (Wildman–Crippen MR) is 126 cm³/mol. The van der Waals surface area contributed by atoms with Gasteiger partial charge in [0.05, 0.1) is 16.7 Å². The van der Waals surface area contributed by atoms with Crippen LogP contribution in [0.1, 0.15) is 26.3 Å². The molecule has 0 atom stereocenters. The third kappa shape index (κ3) is 3.00. The number of halogens is 1. The fraction of sp³-hybridized carbons (Fsp3) is 0.174. The van der Waals surface area contributed by atoms with Gasteiger partial charge in [-0.1, -0.05) is 52.3 Å². The molecule has 2 aromatic heterocycles. The van der Waals surface area contributed by atoms with E-state index in [4.69, 9.17) is 0 Å². The van der Waals surface area contributed by atoms with E-state index < -0.39 is 0 Å². The average Bonchev–Trinajstić information content (AvgIpc) is 3.28. The minimum atomic E-state index is -0.357. The van der Waals surface area contributed by atoms with Gasteiger partial charge in [-0.25, -0.2) is 4.98 Å². The summed E-state index contributed by atoms with van der Waals surface area (Å²) in [5.74, 6) is 0.125. The smallest absolute Gasteiger partial charge is 0.230 e. The molecule has 150 valence electrons. The maximum atomic E-state index is 11.0. The molecule has 0 saturated carbocycles. The van der Waals surface area contributed by atoms with Gasteiger partial charge in [-0.3, -0.25) is 0 Å². The van der Waals surface area contributed by atoms with Crippen molar-refractivity contribution in [2.45, 2.75) is 26.3 Å². The molecule has 2 aromatic carbocycles. The highest BCUT2D eigenvalue weighted by atomic mass is 79.9. The van der Waals surface area contributed by atoms with E-state index in [0.717, 1.165) is 32.2 Å². The molecule has 4 aromatic rings. The molecule has 5 rings (SSSR count). The first-order valence-electron chi connectivity index (χ1n) is 9.55. The third-order valence-electron chi connectivity index (χ3n) is 5.38. The maximum Gasteiger partial charge on any atom is 0.230 e. The Morgan fingerprint density at radius 3 is 2.63 bits per heavy atom. The zero-order valence-corrected chi connectivity index (χ0v) is 19.1. The van der Waals surface area contributed by atoms with Gasteiger partial charge >= 0.3 is 0 Å². The molecule has 1 N–H and O–H groups in total. The SMILES string of the molecule is CC1=CC(C)(C)n2c(O)c(N=Nc3nc(-c4ccc(Br)cc4)cs3)c3cccc1c32. The Kier molecular flexibility index (Phi) is 4.41. The summed E-state index contributed by atoms with van der Waals surface area (Å²) < 4.78 is 2.96. The van der Waals surface area contributed by atoms with E-state index in [1.807, 2.05) is 46.3 Å². The van der Waals surface area contributed by atoms with Gasteiger partial charge in [0.15, 0.2) is 5.69 Å². The van der Waals surface area contributed by atoms with Crippen LogP contribution in [0.4, 0.5) is 10.8 Å². The van der Waals surface area contributed by atoms with Gasteiger partial charge < -0.3 is 9.67 Å². The molecule has 0 spiro atoms. The summed E-state index contributed by atoms with van der Waals surface area (Å²) in [7, 11) is 0. The first kappa shape index (κ1) is 19.2. The van der Waals surface area contributed by atoms with Crippen LogP contribution in [0.5, 0.6) is 5.88 Å². The zero-order valence-electron chi connectivity index (χ0n) is 16.7. The lowest BCUT2D eigenvalue weighted by atomic mass is 9.92. The van der Waals surface area contributed by atoms with Crippen LogP contribution in [0, 0.1) is 0 Å². The Morgan fingerprint density at radius 2 is 1.87 bits per heavy atom. The second kappa shape index (κ2) is 6.89. The van der Waals surface area contributed by atoms with Crippen molar-refractivity contribution in [3.8, 4) is 17.1 Å². The first-order valence-corrected chi connectivity index (χ1v) is 11.2. The summed E-state index contributed by atoms with van der Waals surface area (Å²) in [6.07, 6.45) is 2.17. The van der Waals surface area contributed by atoms with Gasteiger partial charge in [0.2, 0.25) is 11.0 Å². The standard InChI is InChI=1S/C23H19BrN4OS/c1-13-11-23(2,3)28-20-16(13)5-4-6-17(20)19(21(28)29)26-27-22-25-18(12-30-22)14-7-9-15(24)10-8-14/h4-12,29H,1-3H3. The maximum absolute atomic E-state index is 11.0. The number of hydrogen-bond acceptors (Lipinski definition) is 5. The number of benzene rings is 2.